The third-order valence-corrected chi connectivity index (χ3v) is 4.19. The summed E-state index contributed by atoms with van der Waals surface area (Å²) in [5.41, 5.74) is 2.16. The summed E-state index contributed by atoms with van der Waals surface area (Å²) in [6.45, 7) is 3.05. The number of hydrogen-bond donors (Lipinski definition) is 2. The van der Waals surface area contributed by atoms with E-state index in [1.807, 2.05) is 55.5 Å². The smallest absolute Gasteiger partial charge is 0.271 e. The third-order valence-electron chi connectivity index (χ3n) is 4.19. The molecule has 0 saturated heterocycles. The summed E-state index contributed by atoms with van der Waals surface area (Å²) in [4.78, 5) is 20.7. The van der Waals surface area contributed by atoms with E-state index < -0.39 is 0 Å². The standard InChI is InChI=1S/C22H24N4O3/c1-3-29-18-10-8-17(9-11-18)26-21-15-24-19(14-25-21)22(27)23-13-12-16-6-4-5-7-20(16)28-2/h4-11,14-15H,3,12-13H2,1-2H3,(H,23,27)(H,25,26). The molecule has 150 valence electrons. The van der Waals surface area contributed by atoms with Crippen molar-refractivity contribution >= 4 is 17.4 Å². The van der Waals surface area contributed by atoms with Crippen LogP contribution in [-0.2, 0) is 6.42 Å². The number of ether oxygens (including phenoxy) is 2. The Hall–Kier alpha value is -3.61. The molecule has 1 aromatic heterocycles. The lowest BCUT2D eigenvalue weighted by Gasteiger charge is -2.09. The van der Waals surface area contributed by atoms with Crippen LogP contribution in [0.15, 0.2) is 60.9 Å². The summed E-state index contributed by atoms with van der Waals surface area (Å²) >= 11 is 0. The number of methoxy groups -OCH3 is 1. The highest BCUT2D eigenvalue weighted by atomic mass is 16.5. The minimum absolute atomic E-state index is 0.264. The number of para-hydroxylation sites is 1. The minimum Gasteiger partial charge on any atom is -0.496 e. The Bertz CT molecular complexity index is 928. The van der Waals surface area contributed by atoms with Crippen molar-refractivity contribution in [1.82, 2.24) is 15.3 Å². The van der Waals surface area contributed by atoms with Gasteiger partial charge < -0.3 is 20.1 Å². The Morgan fingerprint density at radius 2 is 1.83 bits per heavy atom. The lowest BCUT2D eigenvalue weighted by molar-refractivity contribution is 0.0948. The lowest BCUT2D eigenvalue weighted by Crippen LogP contribution is -2.26. The van der Waals surface area contributed by atoms with Crippen LogP contribution < -0.4 is 20.1 Å². The molecule has 29 heavy (non-hydrogen) atoms. The van der Waals surface area contributed by atoms with Crippen molar-refractivity contribution in [1.29, 1.82) is 0 Å². The van der Waals surface area contributed by atoms with Crippen LogP contribution in [0.25, 0.3) is 0 Å². The summed E-state index contributed by atoms with van der Waals surface area (Å²) < 4.78 is 10.7. The van der Waals surface area contributed by atoms with Gasteiger partial charge in [0.05, 0.1) is 26.1 Å². The number of rotatable bonds is 9. The highest BCUT2D eigenvalue weighted by Crippen LogP contribution is 2.19. The van der Waals surface area contributed by atoms with Gasteiger partial charge in [0.1, 0.15) is 23.0 Å². The monoisotopic (exact) mass is 392 g/mol. The van der Waals surface area contributed by atoms with E-state index in [9.17, 15) is 4.79 Å². The van der Waals surface area contributed by atoms with E-state index in [0.717, 1.165) is 22.7 Å². The lowest BCUT2D eigenvalue weighted by atomic mass is 10.1. The molecular weight excluding hydrogens is 368 g/mol. The zero-order valence-electron chi connectivity index (χ0n) is 16.5. The second kappa shape index (κ2) is 10.1. The molecule has 0 unspecified atom stereocenters. The Balaban J connectivity index is 1.51. The molecule has 0 aliphatic heterocycles. The molecule has 0 bridgehead atoms. The van der Waals surface area contributed by atoms with Gasteiger partial charge in [0.25, 0.3) is 5.91 Å². The van der Waals surface area contributed by atoms with Crippen LogP contribution in [0.3, 0.4) is 0 Å². The predicted molar refractivity (Wildman–Crippen MR) is 112 cm³/mol. The average molecular weight is 392 g/mol. The first-order valence-electron chi connectivity index (χ1n) is 9.41. The van der Waals surface area contributed by atoms with Crippen LogP contribution in [0.5, 0.6) is 11.5 Å². The molecule has 0 spiro atoms. The Labute approximate surface area is 170 Å². The summed E-state index contributed by atoms with van der Waals surface area (Å²) in [5.74, 6) is 1.91. The maximum Gasteiger partial charge on any atom is 0.271 e. The number of aromatic nitrogens is 2. The van der Waals surface area contributed by atoms with Gasteiger partial charge in [0, 0.05) is 12.2 Å². The fraction of sp³-hybridized carbons (Fsp3) is 0.227. The maximum atomic E-state index is 12.3. The largest absolute Gasteiger partial charge is 0.496 e. The number of nitrogens with zero attached hydrogens (tertiary/aromatic N) is 2. The van der Waals surface area contributed by atoms with Crippen molar-refractivity contribution in [2.75, 3.05) is 25.6 Å². The van der Waals surface area contributed by atoms with Crippen molar-refractivity contribution in [2.24, 2.45) is 0 Å². The van der Waals surface area contributed by atoms with Crippen molar-refractivity contribution in [3.8, 4) is 11.5 Å². The summed E-state index contributed by atoms with van der Waals surface area (Å²) in [7, 11) is 1.63. The summed E-state index contributed by atoms with van der Waals surface area (Å²) in [6.07, 6.45) is 3.65. The van der Waals surface area contributed by atoms with E-state index in [1.54, 1.807) is 7.11 Å². The third kappa shape index (κ3) is 5.68. The topological polar surface area (TPSA) is 85.4 Å². The Kier molecular flexibility index (Phi) is 7.00. The molecule has 3 rings (SSSR count). The zero-order chi connectivity index (χ0) is 20.5. The molecule has 0 aliphatic carbocycles. The van der Waals surface area contributed by atoms with Gasteiger partial charge in [-0.05, 0) is 49.2 Å². The van der Waals surface area contributed by atoms with Gasteiger partial charge in [-0.3, -0.25) is 4.79 Å². The van der Waals surface area contributed by atoms with E-state index in [2.05, 4.69) is 20.6 Å². The van der Waals surface area contributed by atoms with Gasteiger partial charge in [-0.15, -0.1) is 0 Å². The van der Waals surface area contributed by atoms with E-state index in [-0.39, 0.29) is 11.6 Å². The molecule has 7 heteroatoms. The van der Waals surface area contributed by atoms with E-state index >= 15 is 0 Å². The van der Waals surface area contributed by atoms with Gasteiger partial charge in [-0.2, -0.15) is 0 Å². The predicted octanol–water partition coefficient (Wildman–Crippen LogP) is 3.60. The van der Waals surface area contributed by atoms with E-state index in [1.165, 1.54) is 12.4 Å². The van der Waals surface area contributed by atoms with E-state index in [0.29, 0.717) is 25.4 Å². The number of benzene rings is 2. The van der Waals surface area contributed by atoms with Gasteiger partial charge in [-0.1, -0.05) is 18.2 Å². The second-order valence-electron chi connectivity index (χ2n) is 6.19. The quantitative estimate of drug-likeness (QED) is 0.579. The Morgan fingerprint density at radius 1 is 1.03 bits per heavy atom. The molecule has 0 radical (unpaired) electrons. The first-order chi connectivity index (χ1) is 14.2. The van der Waals surface area contributed by atoms with Gasteiger partial charge in [-0.25, -0.2) is 9.97 Å². The molecule has 0 aliphatic rings. The summed E-state index contributed by atoms with van der Waals surface area (Å²) in [5, 5.41) is 6.00. The van der Waals surface area contributed by atoms with Crippen LogP contribution in [0.4, 0.5) is 11.5 Å². The first-order valence-corrected chi connectivity index (χ1v) is 9.41. The highest BCUT2D eigenvalue weighted by molar-refractivity contribution is 5.92. The van der Waals surface area contributed by atoms with Crippen LogP contribution in [-0.4, -0.2) is 36.1 Å². The molecule has 1 amide bonds. The Morgan fingerprint density at radius 3 is 2.52 bits per heavy atom. The van der Waals surface area contributed by atoms with Crippen LogP contribution in [0.2, 0.25) is 0 Å². The molecule has 3 aromatic rings. The number of carbonyl (C=O) groups excluding carboxylic acids is 1. The molecule has 0 fully saturated rings. The molecule has 2 aromatic carbocycles. The van der Waals surface area contributed by atoms with Crippen molar-refractivity contribution < 1.29 is 14.3 Å². The van der Waals surface area contributed by atoms with E-state index in [4.69, 9.17) is 9.47 Å². The van der Waals surface area contributed by atoms with Gasteiger partial charge in [0.2, 0.25) is 0 Å². The van der Waals surface area contributed by atoms with Crippen LogP contribution >= 0.6 is 0 Å². The normalized spacial score (nSPS) is 10.3. The van der Waals surface area contributed by atoms with Gasteiger partial charge >= 0.3 is 0 Å². The fourth-order valence-corrected chi connectivity index (χ4v) is 2.77. The fourth-order valence-electron chi connectivity index (χ4n) is 2.77. The molecule has 7 nitrogen and oxygen atoms in total. The first kappa shape index (κ1) is 20.1. The molecule has 1 heterocycles. The number of anilines is 2. The minimum atomic E-state index is -0.264. The number of hydrogen-bond acceptors (Lipinski definition) is 6. The molecule has 2 N–H and O–H groups in total. The maximum absolute atomic E-state index is 12.3. The second-order valence-corrected chi connectivity index (χ2v) is 6.19. The van der Waals surface area contributed by atoms with Gasteiger partial charge in [0.15, 0.2) is 0 Å². The van der Waals surface area contributed by atoms with Crippen molar-refractivity contribution in [3.05, 3.63) is 72.2 Å². The number of amides is 1. The van der Waals surface area contributed by atoms with Crippen LogP contribution in [0, 0.1) is 0 Å². The SMILES string of the molecule is CCOc1ccc(Nc2cnc(C(=O)NCCc3ccccc3OC)cn2)cc1. The molecular formula is C22H24N4O3. The highest BCUT2D eigenvalue weighted by Gasteiger charge is 2.09. The molecule has 0 saturated carbocycles. The number of carbonyl (C=O) groups is 1. The van der Waals surface area contributed by atoms with Crippen LogP contribution in [0.1, 0.15) is 23.0 Å². The average Bonchev–Trinajstić information content (AvgIpc) is 2.76. The summed E-state index contributed by atoms with van der Waals surface area (Å²) in [6, 6.07) is 15.3. The van der Waals surface area contributed by atoms with Crippen molar-refractivity contribution in [2.45, 2.75) is 13.3 Å². The molecule has 0 atom stereocenters. The number of nitrogens with one attached hydrogen (secondary N) is 2. The van der Waals surface area contributed by atoms with Crippen molar-refractivity contribution in [3.63, 3.8) is 0 Å². The zero-order valence-corrected chi connectivity index (χ0v) is 16.5.